The lowest BCUT2D eigenvalue weighted by Gasteiger charge is -2.33. The molecule has 2 aromatic heterocycles. The first kappa shape index (κ1) is 21.5. The van der Waals surface area contributed by atoms with Crippen LogP contribution in [0.15, 0.2) is 91.5 Å². The Kier molecular flexibility index (Phi) is 5.90. The van der Waals surface area contributed by atoms with Gasteiger partial charge in [0.15, 0.2) is 0 Å². The van der Waals surface area contributed by atoms with Crippen LogP contribution in [0.25, 0.3) is 11.1 Å². The monoisotopic (exact) mass is 437 g/mol. The zero-order valence-corrected chi connectivity index (χ0v) is 17.1. The molecule has 4 rings (SSSR count). The maximum atomic E-state index is 14.6. The summed E-state index contributed by atoms with van der Waals surface area (Å²) in [5, 5.41) is 0. The van der Waals surface area contributed by atoms with Crippen LogP contribution in [0.2, 0.25) is 0 Å². The lowest BCUT2D eigenvalue weighted by molar-refractivity contribution is -0.137. The first-order valence-electron chi connectivity index (χ1n) is 9.91. The molecule has 162 valence electrons. The summed E-state index contributed by atoms with van der Waals surface area (Å²) < 4.78 is 55.4. The van der Waals surface area contributed by atoms with E-state index in [2.05, 4.69) is 9.97 Å². The molecule has 32 heavy (non-hydrogen) atoms. The van der Waals surface area contributed by atoms with Crippen molar-refractivity contribution in [3.8, 4) is 11.1 Å². The van der Waals surface area contributed by atoms with Crippen molar-refractivity contribution in [1.82, 2.24) is 9.97 Å². The second-order valence-corrected chi connectivity index (χ2v) is 7.25. The van der Waals surface area contributed by atoms with Crippen LogP contribution in [-0.2, 0) is 6.18 Å². The minimum atomic E-state index is -4.53. The summed E-state index contributed by atoms with van der Waals surface area (Å²) in [6, 6.07) is 16.0. The molecule has 0 aliphatic carbocycles. The lowest BCUT2D eigenvalue weighted by atomic mass is 9.92. The molecule has 0 saturated heterocycles. The first-order valence-corrected chi connectivity index (χ1v) is 9.91. The molecule has 0 aliphatic rings. The van der Waals surface area contributed by atoms with Crippen molar-refractivity contribution in [1.29, 1.82) is 0 Å². The SMILES string of the molecule is CC(c1cc(C(F)(F)F)ccc1-c1ccccc1F)N(c1cccnc1)c1cccnc1. The first-order chi connectivity index (χ1) is 15.4. The van der Waals surface area contributed by atoms with Gasteiger partial charge in [-0.05, 0) is 60.5 Å². The van der Waals surface area contributed by atoms with E-state index in [1.54, 1.807) is 62.0 Å². The van der Waals surface area contributed by atoms with Crippen LogP contribution in [-0.4, -0.2) is 9.97 Å². The number of hydrogen-bond acceptors (Lipinski definition) is 3. The number of alkyl halides is 3. The second kappa shape index (κ2) is 8.78. The van der Waals surface area contributed by atoms with Crippen LogP contribution in [0.4, 0.5) is 28.9 Å². The smallest absolute Gasteiger partial charge is 0.332 e. The van der Waals surface area contributed by atoms with E-state index in [1.165, 1.54) is 12.1 Å². The molecule has 0 spiro atoms. The third-order valence-corrected chi connectivity index (χ3v) is 5.23. The van der Waals surface area contributed by atoms with Gasteiger partial charge in [0.25, 0.3) is 0 Å². The quantitative estimate of drug-likeness (QED) is 0.309. The number of benzene rings is 2. The summed E-state index contributed by atoms with van der Waals surface area (Å²) in [7, 11) is 0. The fraction of sp³-hybridized carbons (Fsp3) is 0.120. The van der Waals surface area contributed by atoms with Gasteiger partial charge < -0.3 is 4.90 Å². The number of nitrogens with zero attached hydrogens (tertiary/aromatic N) is 3. The van der Waals surface area contributed by atoms with E-state index >= 15 is 0 Å². The predicted molar refractivity (Wildman–Crippen MR) is 116 cm³/mol. The maximum absolute atomic E-state index is 14.6. The summed E-state index contributed by atoms with van der Waals surface area (Å²) in [4.78, 5) is 10.1. The summed E-state index contributed by atoms with van der Waals surface area (Å²) in [6.45, 7) is 1.78. The molecule has 3 nitrogen and oxygen atoms in total. The predicted octanol–water partition coefficient (Wildman–Crippen LogP) is 7.20. The Labute approximate surface area is 183 Å². The summed E-state index contributed by atoms with van der Waals surface area (Å²) in [5.74, 6) is -0.505. The summed E-state index contributed by atoms with van der Waals surface area (Å²) >= 11 is 0. The van der Waals surface area contributed by atoms with E-state index in [0.717, 1.165) is 12.1 Å². The number of halogens is 4. The van der Waals surface area contributed by atoms with Crippen molar-refractivity contribution in [3.63, 3.8) is 0 Å². The second-order valence-electron chi connectivity index (χ2n) is 7.25. The molecule has 1 unspecified atom stereocenters. The Morgan fingerprint density at radius 1 is 0.781 bits per heavy atom. The van der Waals surface area contributed by atoms with Gasteiger partial charge in [0, 0.05) is 18.0 Å². The van der Waals surface area contributed by atoms with Gasteiger partial charge in [0.1, 0.15) is 5.82 Å². The van der Waals surface area contributed by atoms with Crippen molar-refractivity contribution in [3.05, 3.63) is 108 Å². The van der Waals surface area contributed by atoms with E-state index in [9.17, 15) is 17.6 Å². The average Bonchev–Trinajstić information content (AvgIpc) is 2.80. The van der Waals surface area contributed by atoms with E-state index in [0.29, 0.717) is 22.5 Å². The number of aromatic nitrogens is 2. The maximum Gasteiger partial charge on any atom is 0.416 e. The molecule has 0 N–H and O–H groups in total. The summed E-state index contributed by atoms with van der Waals surface area (Å²) in [6.07, 6.45) is 1.95. The van der Waals surface area contributed by atoms with Crippen LogP contribution in [0.3, 0.4) is 0 Å². The highest BCUT2D eigenvalue weighted by Crippen LogP contribution is 2.41. The molecule has 0 fully saturated rings. The van der Waals surface area contributed by atoms with Crippen LogP contribution < -0.4 is 4.90 Å². The zero-order valence-electron chi connectivity index (χ0n) is 17.1. The number of hydrogen-bond donors (Lipinski definition) is 0. The number of anilines is 2. The molecule has 0 bridgehead atoms. The molecule has 7 heteroatoms. The third-order valence-electron chi connectivity index (χ3n) is 5.23. The Hall–Kier alpha value is -3.74. The van der Waals surface area contributed by atoms with Gasteiger partial charge in [0.05, 0.1) is 35.4 Å². The third kappa shape index (κ3) is 4.32. The highest BCUT2D eigenvalue weighted by Gasteiger charge is 2.33. The Morgan fingerprint density at radius 3 is 1.94 bits per heavy atom. The molecule has 0 saturated carbocycles. The molecule has 1 atom stereocenters. The molecule has 4 aromatic rings. The molecular weight excluding hydrogens is 418 g/mol. The normalized spacial score (nSPS) is 12.4. The Bertz CT molecular complexity index is 1160. The van der Waals surface area contributed by atoms with Gasteiger partial charge in [-0.25, -0.2) is 4.39 Å². The highest BCUT2D eigenvalue weighted by molar-refractivity contribution is 5.72. The standard InChI is InChI=1S/C25H19F4N3/c1-17(32(19-6-4-12-30-15-19)20-7-5-13-31-16-20)23-14-18(25(27,28)29)10-11-21(23)22-8-2-3-9-24(22)26/h2-17H,1H3. The largest absolute Gasteiger partial charge is 0.416 e. The fourth-order valence-corrected chi connectivity index (χ4v) is 3.74. The molecule has 0 amide bonds. The van der Waals surface area contributed by atoms with Crippen LogP contribution in [0, 0.1) is 5.82 Å². The van der Waals surface area contributed by atoms with Crippen molar-refractivity contribution in [2.45, 2.75) is 19.1 Å². The fourth-order valence-electron chi connectivity index (χ4n) is 3.74. The van der Waals surface area contributed by atoms with Gasteiger partial charge in [-0.1, -0.05) is 24.3 Å². The molecule has 2 aromatic carbocycles. The topological polar surface area (TPSA) is 29.0 Å². The lowest BCUT2D eigenvalue weighted by Crippen LogP contribution is -2.23. The zero-order chi connectivity index (χ0) is 22.7. The van der Waals surface area contributed by atoms with E-state index in [1.807, 2.05) is 17.0 Å². The van der Waals surface area contributed by atoms with Crippen LogP contribution >= 0.6 is 0 Å². The minimum absolute atomic E-state index is 0.236. The van der Waals surface area contributed by atoms with E-state index in [4.69, 9.17) is 0 Å². The van der Waals surface area contributed by atoms with Crippen molar-refractivity contribution in [2.24, 2.45) is 0 Å². The molecular formula is C25H19F4N3. The van der Waals surface area contributed by atoms with Crippen molar-refractivity contribution < 1.29 is 17.6 Å². The Balaban J connectivity index is 1.93. The average molecular weight is 437 g/mol. The van der Waals surface area contributed by atoms with Gasteiger partial charge in [-0.2, -0.15) is 13.2 Å². The molecule has 0 aliphatic heterocycles. The van der Waals surface area contributed by atoms with Crippen molar-refractivity contribution >= 4 is 11.4 Å². The minimum Gasteiger partial charge on any atom is -0.332 e. The van der Waals surface area contributed by atoms with Crippen molar-refractivity contribution in [2.75, 3.05) is 4.90 Å². The number of rotatable bonds is 5. The Morgan fingerprint density at radius 2 is 1.41 bits per heavy atom. The van der Waals surface area contributed by atoms with Gasteiger partial charge in [-0.15, -0.1) is 0 Å². The van der Waals surface area contributed by atoms with Crippen LogP contribution in [0.1, 0.15) is 24.1 Å². The summed E-state index contributed by atoms with van der Waals surface area (Å²) in [5.41, 5.74) is 1.51. The van der Waals surface area contributed by atoms with E-state index < -0.39 is 23.6 Å². The van der Waals surface area contributed by atoms with E-state index in [-0.39, 0.29) is 5.56 Å². The highest BCUT2D eigenvalue weighted by atomic mass is 19.4. The molecule has 0 radical (unpaired) electrons. The van der Waals surface area contributed by atoms with Gasteiger partial charge in [0.2, 0.25) is 0 Å². The van der Waals surface area contributed by atoms with Crippen LogP contribution in [0.5, 0.6) is 0 Å². The molecule has 2 heterocycles. The van der Waals surface area contributed by atoms with Gasteiger partial charge in [-0.3, -0.25) is 9.97 Å². The number of pyridine rings is 2. The van der Waals surface area contributed by atoms with Gasteiger partial charge >= 0.3 is 6.18 Å².